The van der Waals surface area contributed by atoms with E-state index < -0.39 is 8.07 Å². The van der Waals surface area contributed by atoms with Gasteiger partial charge in [-0.05, 0) is 47.0 Å². The first-order chi connectivity index (χ1) is 19.0. The van der Waals surface area contributed by atoms with Crippen LogP contribution in [-0.2, 0) is 25.5 Å². The third kappa shape index (κ3) is 6.93. The summed E-state index contributed by atoms with van der Waals surface area (Å²) < 4.78 is 6.28. The van der Waals surface area contributed by atoms with Crippen molar-refractivity contribution < 1.29 is 24.5 Å². The summed E-state index contributed by atoms with van der Waals surface area (Å²) in [6.07, 6.45) is 3.77. The Kier molecular flexibility index (Phi) is 9.13. The molecule has 0 unspecified atom stereocenters. The number of aryl methyl sites for hydroxylation is 1. The van der Waals surface area contributed by atoms with Gasteiger partial charge in [-0.1, -0.05) is 87.8 Å². The summed E-state index contributed by atoms with van der Waals surface area (Å²) in [5.74, 6) is 0. The van der Waals surface area contributed by atoms with Crippen molar-refractivity contribution in [3.8, 4) is 22.5 Å². The Morgan fingerprint density at radius 3 is 2.22 bits per heavy atom. The SMILES string of the molecule is CC(C)(C)c1ccnc(-c2[c-]c([Si](C)(C)C)cc3c2oc2ccccc23)c1.Cc1ccc(-c2[c-]cccc2)nc1.[Ir]. The molecule has 0 saturated carbocycles. The summed E-state index contributed by atoms with van der Waals surface area (Å²) in [4.78, 5) is 9.01. The van der Waals surface area contributed by atoms with Crippen LogP contribution in [0.5, 0.6) is 0 Å². The molecule has 0 amide bonds. The van der Waals surface area contributed by atoms with Gasteiger partial charge in [0.05, 0.1) is 13.7 Å². The molecule has 0 spiro atoms. The Hall–Kier alpha value is -3.37. The van der Waals surface area contributed by atoms with Gasteiger partial charge in [0, 0.05) is 37.9 Å². The third-order valence-corrected chi connectivity index (χ3v) is 8.88. The largest absolute Gasteiger partial charge is 0.501 e. The molecule has 3 nitrogen and oxygen atoms in total. The Morgan fingerprint density at radius 1 is 0.805 bits per heavy atom. The Morgan fingerprint density at radius 2 is 1.56 bits per heavy atom. The van der Waals surface area contributed by atoms with E-state index in [1.807, 2.05) is 61.8 Å². The van der Waals surface area contributed by atoms with Crippen LogP contribution < -0.4 is 5.19 Å². The van der Waals surface area contributed by atoms with Gasteiger partial charge in [0.25, 0.3) is 0 Å². The van der Waals surface area contributed by atoms with Gasteiger partial charge in [-0.2, -0.15) is 0 Å². The number of furan rings is 1. The number of rotatable bonds is 3. The first-order valence-electron chi connectivity index (χ1n) is 13.8. The van der Waals surface area contributed by atoms with Gasteiger partial charge in [0.2, 0.25) is 0 Å². The van der Waals surface area contributed by atoms with Crippen LogP contribution in [-0.4, -0.2) is 18.0 Å². The maximum atomic E-state index is 6.28. The van der Waals surface area contributed by atoms with Crippen LogP contribution in [0.4, 0.5) is 0 Å². The second-order valence-electron chi connectivity index (χ2n) is 12.3. The van der Waals surface area contributed by atoms with Crippen LogP contribution in [0.3, 0.4) is 0 Å². The van der Waals surface area contributed by atoms with Crippen molar-refractivity contribution in [3.63, 3.8) is 0 Å². The summed E-state index contributed by atoms with van der Waals surface area (Å²) in [7, 11) is -1.55. The average Bonchev–Trinajstić information content (AvgIpc) is 3.32. The van der Waals surface area contributed by atoms with Crippen molar-refractivity contribution in [2.24, 2.45) is 0 Å². The summed E-state index contributed by atoms with van der Waals surface area (Å²) in [5, 5.41) is 3.63. The second-order valence-corrected chi connectivity index (χ2v) is 17.4. The van der Waals surface area contributed by atoms with Crippen molar-refractivity contribution in [3.05, 3.63) is 115 Å². The van der Waals surface area contributed by atoms with E-state index >= 15 is 0 Å². The second kappa shape index (κ2) is 12.2. The van der Waals surface area contributed by atoms with Crippen LogP contribution in [0, 0.1) is 19.1 Å². The Bertz CT molecular complexity index is 1760. The van der Waals surface area contributed by atoms with Crippen LogP contribution in [0.1, 0.15) is 31.9 Å². The molecule has 0 aliphatic carbocycles. The van der Waals surface area contributed by atoms with Gasteiger partial charge in [0.1, 0.15) is 5.58 Å². The summed E-state index contributed by atoms with van der Waals surface area (Å²) >= 11 is 0. The number of aromatic nitrogens is 2. The van der Waals surface area contributed by atoms with E-state index in [9.17, 15) is 0 Å². The maximum absolute atomic E-state index is 6.28. The number of nitrogens with zero attached hydrogens (tertiary/aromatic N) is 2. The molecule has 5 heteroatoms. The standard InChI is InChI=1S/C24H26NOSi.C12H10N.Ir/c1-24(2,3)16-11-12-25-21(13-16)20-15-17(27(4,5)6)14-19-18-9-7-8-10-22(18)26-23(19)20;1-10-7-8-12(13-9-10)11-5-3-2-4-6-11;/h7-14H,1-6H3;2-5,7-9H,1H3;/q2*-1;. The van der Waals surface area contributed by atoms with Gasteiger partial charge < -0.3 is 14.4 Å². The molecule has 0 bridgehead atoms. The fourth-order valence-corrected chi connectivity index (χ4v) is 5.64. The molecule has 3 aromatic heterocycles. The number of benzene rings is 3. The normalized spacial score (nSPS) is 11.6. The smallest absolute Gasteiger partial charge is 0.120 e. The molecule has 0 N–H and O–H groups in total. The molecule has 0 atom stereocenters. The molecule has 3 aromatic carbocycles. The quantitative estimate of drug-likeness (QED) is 0.135. The first kappa shape index (κ1) is 30.6. The van der Waals surface area contributed by atoms with Crippen LogP contribution in [0.25, 0.3) is 44.5 Å². The maximum Gasteiger partial charge on any atom is 0.120 e. The molecule has 211 valence electrons. The first-order valence-corrected chi connectivity index (χ1v) is 17.3. The van der Waals surface area contributed by atoms with E-state index in [2.05, 4.69) is 93.9 Å². The molecule has 1 radical (unpaired) electrons. The number of hydrogen-bond acceptors (Lipinski definition) is 3. The minimum atomic E-state index is -1.55. The molecule has 3 heterocycles. The Balaban J connectivity index is 0.000000233. The number of fused-ring (bicyclic) bond motifs is 3. The van der Waals surface area contributed by atoms with E-state index in [0.717, 1.165) is 39.1 Å². The topological polar surface area (TPSA) is 38.9 Å². The minimum Gasteiger partial charge on any atom is -0.501 e. The monoisotopic (exact) mass is 733 g/mol. The fourth-order valence-electron chi connectivity index (χ4n) is 4.56. The minimum absolute atomic E-state index is 0. The molecule has 41 heavy (non-hydrogen) atoms. The van der Waals surface area contributed by atoms with E-state index in [1.165, 1.54) is 21.7 Å². The van der Waals surface area contributed by atoms with Crippen molar-refractivity contribution in [2.75, 3.05) is 0 Å². The molecular weight excluding hydrogens is 697 g/mol. The predicted molar refractivity (Wildman–Crippen MR) is 171 cm³/mol. The van der Waals surface area contributed by atoms with Crippen LogP contribution in [0.15, 0.2) is 95.7 Å². The van der Waals surface area contributed by atoms with Gasteiger partial charge in [0.15, 0.2) is 0 Å². The third-order valence-electron chi connectivity index (χ3n) is 7.00. The molecule has 0 aliphatic heterocycles. The number of hydrogen-bond donors (Lipinski definition) is 0. The van der Waals surface area contributed by atoms with Gasteiger partial charge in [-0.25, -0.2) is 0 Å². The van der Waals surface area contributed by atoms with Crippen molar-refractivity contribution in [1.29, 1.82) is 0 Å². The van der Waals surface area contributed by atoms with Crippen molar-refractivity contribution >= 4 is 35.2 Å². The molecule has 0 aliphatic rings. The molecule has 0 fully saturated rings. The van der Waals surface area contributed by atoms with E-state index in [4.69, 9.17) is 9.40 Å². The van der Waals surface area contributed by atoms with Crippen LogP contribution in [0.2, 0.25) is 19.6 Å². The zero-order chi connectivity index (χ0) is 28.5. The van der Waals surface area contributed by atoms with Crippen LogP contribution >= 0.6 is 0 Å². The zero-order valence-corrected chi connectivity index (χ0v) is 28.2. The summed E-state index contributed by atoms with van der Waals surface area (Å²) in [5.41, 5.74) is 8.26. The fraction of sp³-hybridized carbons (Fsp3) is 0.222. The number of pyridine rings is 2. The predicted octanol–water partition coefficient (Wildman–Crippen LogP) is 9.15. The summed E-state index contributed by atoms with van der Waals surface area (Å²) in [6.45, 7) is 15.8. The Labute approximate surface area is 258 Å². The molecule has 0 saturated heterocycles. The van der Waals surface area contributed by atoms with E-state index in [1.54, 1.807) is 0 Å². The van der Waals surface area contributed by atoms with Crippen molar-refractivity contribution in [1.82, 2.24) is 9.97 Å². The van der Waals surface area contributed by atoms with Gasteiger partial charge >= 0.3 is 0 Å². The molecule has 6 aromatic rings. The van der Waals surface area contributed by atoms with Gasteiger partial charge in [-0.3, -0.25) is 0 Å². The summed E-state index contributed by atoms with van der Waals surface area (Å²) in [6, 6.07) is 33.6. The molecule has 6 rings (SSSR count). The van der Waals surface area contributed by atoms with E-state index in [-0.39, 0.29) is 25.5 Å². The van der Waals surface area contributed by atoms with Gasteiger partial charge in [-0.15, -0.1) is 53.2 Å². The zero-order valence-electron chi connectivity index (χ0n) is 24.8. The van der Waals surface area contributed by atoms with E-state index in [0.29, 0.717) is 0 Å². The number of para-hydroxylation sites is 1. The average molecular weight is 733 g/mol. The molecular formula is C36H36IrN2OSi-2. The van der Waals surface area contributed by atoms with Crippen molar-refractivity contribution in [2.45, 2.75) is 52.8 Å².